The molecule has 1 heterocycles. The van der Waals surface area contributed by atoms with Gasteiger partial charge < -0.3 is 15.5 Å². The number of nitrogens with zero attached hydrogens (tertiary/aromatic N) is 1. The summed E-state index contributed by atoms with van der Waals surface area (Å²) >= 11 is 1.08. The fourth-order valence-electron chi connectivity index (χ4n) is 1.33. The second-order valence-corrected chi connectivity index (χ2v) is 4.31. The predicted octanol–water partition coefficient (Wildman–Crippen LogP) is -0.261. The first-order chi connectivity index (χ1) is 7.95. The van der Waals surface area contributed by atoms with Gasteiger partial charge in [0.2, 0.25) is 0 Å². The number of nitro groups is 1. The SMILES string of the molecule is O=C(O)C(=C1NCCCS1)C(C(=O)O)[N+](=O)[O-]. The molecular weight excluding hydrogens is 252 g/mol. The molecule has 9 heteroatoms. The quantitative estimate of drug-likeness (QED) is 0.359. The Balaban J connectivity index is 3.18. The van der Waals surface area contributed by atoms with Crippen LogP contribution in [-0.2, 0) is 9.59 Å². The first-order valence-electron chi connectivity index (χ1n) is 4.65. The molecule has 1 aliphatic heterocycles. The van der Waals surface area contributed by atoms with Gasteiger partial charge in [-0.05, 0) is 6.42 Å². The summed E-state index contributed by atoms with van der Waals surface area (Å²) in [6.07, 6.45) is 0.789. The lowest BCUT2D eigenvalue weighted by molar-refractivity contribution is -0.499. The highest BCUT2D eigenvalue weighted by Gasteiger charge is 2.41. The molecular formula is C8H10N2O6S. The van der Waals surface area contributed by atoms with Crippen LogP contribution in [0.2, 0.25) is 0 Å². The van der Waals surface area contributed by atoms with E-state index in [1.807, 2.05) is 0 Å². The van der Waals surface area contributed by atoms with Crippen molar-refractivity contribution in [1.82, 2.24) is 5.32 Å². The fraction of sp³-hybridized carbons (Fsp3) is 0.500. The molecule has 1 saturated heterocycles. The highest BCUT2D eigenvalue weighted by Crippen LogP contribution is 2.25. The molecule has 0 bridgehead atoms. The Morgan fingerprint density at radius 1 is 1.47 bits per heavy atom. The molecule has 1 rings (SSSR count). The van der Waals surface area contributed by atoms with Crippen molar-refractivity contribution in [2.75, 3.05) is 12.3 Å². The maximum atomic E-state index is 11.0. The van der Waals surface area contributed by atoms with E-state index in [1.54, 1.807) is 0 Å². The van der Waals surface area contributed by atoms with Gasteiger partial charge in [-0.25, -0.2) is 9.59 Å². The number of carboxylic acids is 2. The number of thioether (sulfide) groups is 1. The van der Waals surface area contributed by atoms with Gasteiger partial charge in [-0.2, -0.15) is 0 Å². The van der Waals surface area contributed by atoms with E-state index in [4.69, 9.17) is 10.2 Å². The lowest BCUT2D eigenvalue weighted by atomic mass is 10.1. The lowest BCUT2D eigenvalue weighted by Gasteiger charge is -2.19. The maximum absolute atomic E-state index is 11.0. The van der Waals surface area contributed by atoms with Crippen LogP contribution in [0.3, 0.4) is 0 Å². The minimum Gasteiger partial charge on any atom is -0.478 e. The number of carbonyl (C=O) groups is 2. The van der Waals surface area contributed by atoms with Crippen LogP contribution in [0, 0.1) is 10.1 Å². The third kappa shape index (κ3) is 3.09. The normalized spacial score (nSPS) is 20.0. The van der Waals surface area contributed by atoms with Gasteiger partial charge in [0, 0.05) is 17.2 Å². The Morgan fingerprint density at radius 2 is 2.12 bits per heavy atom. The largest absolute Gasteiger partial charge is 0.478 e. The second-order valence-electron chi connectivity index (χ2n) is 3.20. The van der Waals surface area contributed by atoms with Crippen LogP contribution in [0.4, 0.5) is 0 Å². The van der Waals surface area contributed by atoms with Crippen molar-refractivity contribution < 1.29 is 24.7 Å². The molecule has 0 amide bonds. The lowest BCUT2D eigenvalue weighted by Crippen LogP contribution is -2.37. The van der Waals surface area contributed by atoms with Crippen LogP contribution >= 0.6 is 11.8 Å². The van der Waals surface area contributed by atoms with Crippen molar-refractivity contribution in [1.29, 1.82) is 0 Å². The Labute approximate surface area is 99.8 Å². The first kappa shape index (κ1) is 13.3. The summed E-state index contributed by atoms with van der Waals surface area (Å²) in [6, 6.07) is -2.25. The monoisotopic (exact) mass is 262 g/mol. The average molecular weight is 262 g/mol. The van der Waals surface area contributed by atoms with Gasteiger partial charge in [-0.3, -0.25) is 10.1 Å². The van der Waals surface area contributed by atoms with Crippen LogP contribution in [0.15, 0.2) is 10.6 Å². The van der Waals surface area contributed by atoms with Gasteiger partial charge in [-0.15, -0.1) is 11.8 Å². The Hall–Kier alpha value is -1.77. The molecule has 1 atom stereocenters. The van der Waals surface area contributed by atoms with E-state index in [0.29, 0.717) is 12.3 Å². The second kappa shape index (κ2) is 5.53. The highest BCUT2D eigenvalue weighted by molar-refractivity contribution is 8.03. The minimum absolute atomic E-state index is 0.0628. The topological polar surface area (TPSA) is 130 Å². The predicted molar refractivity (Wildman–Crippen MR) is 58.2 cm³/mol. The number of rotatable bonds is 4. The highest BCUT2D eigenvalue weighted by atomic mass is 32.2. The summed E-state index contributed by atoms with van der Waals surface area (Å²) < 4.78 is 0. The van der Waals surface area contributed by atoms with Crippen LogP contribution in [-0.4, -0.2) is 45.4 Å². The van der Waals surface area contributed by atoms with Crippen molar-refractivity contribution in [2.24, 2.45) is 0 Å². The summed E-state index contributed by atoms with van der Waals surface area (Å²) in [5.74, 6) is -2.78. The summed E-state index contributed by atoms with van der Waals surface area (Å²) in [5.41, 5.74) is -0.716. The standard InChI is InChI=1S/C8H10N2O6S/c11-7(12)4(5(8(13)14)10(15)16)6-9-2-1-3-17-6/h5,9H,1-3H2,(H,11,12)(H,13,14). The van der Waals surface area contributed by atoms with E-state index >= 15 is 0 Å². The van der Waals surface area contributed by atoms with Crippen LogP contribution in [0.5, 0.6) is 0 Å². The van der Waals surface area contributed by atoms with Gasteiger partial charge in [0.05, 0.1) is 5.03 Å². The van der Waals surface area contributed by atoms with E-state index < -0.39 is 28.5 Å². The summed E-state index contributed by atoms with van der Waals surface area (Å²) in [4.78, 5) is 31.2. The minimum atomic E-state index is -2.25. The zero-order valence-corrected chi connectivity index (χ0v) is 9.40. The van der Waals surface area contributed by atoms with Crippen molar-refractivity contribution in [3.8, 4) is 0 Å². The summed E-state index contributed by atoms with van der Waals surface area (Å²) in [7, 11) is 0. The molecule has 0 aliphatic carbocycles. The average Bonchev–Trinajstić information content (AvgIpc) is 2.25. The van der Waals surface area contributed by atoms with E-state index in [0.717, 1.165) is 18.2 Å². The Kier molecular flexibility index (Phi) is 4.32. The molecule has 1 fully saturated rings. The molecule has 0 radical (unpaired) electrons. The van der Waals surface area contributed by atoms with Crippen molar-refractivity contribution in [3.63, 3.8) is 0 Å². The first-order valence-corrected chi connectivity index (χ1v) is 5.64. The Morgan fingerprint density at radius 3 is 2.47 bits per heavy atom. The van der Waals surface area contributed by atoms with Gasteiger partial charge >= 0.3 is 18.0 Å². The van der Waals surface area contributed by atoms with E-state index in [1.165, 1.54) is 0 Å². The van der Waals surface area contributed by atoms with Crippen molar-refractivity contribution >= 4 is 23.7 Å². The molecule has 0 aromatic rings. The molecule has 1 aliphatic rings. The fourth-order valence-corrected chi connectivity index (χ4v) is 2.38. The van der Waals surface area contributed by atoms with E-state index in [2.05, 4.69) is 5.32 Å². The molecule has 0 aromatic carbocycles. The zero-order chi connectivity index (χ0) is 13.0. The molecule has 0 saturated carbocycles. The summed E-state index contributed by atoms with van der Waals surface area (Å²) in [6.45, 7) is 0.475. The molecule has 8 nitrogen and oxygen atoms in total. The van der Waals surface area contributed by atoms with Crippen molar-refractivity contribution in [2.45, 2.75) is 12.5 Å². The molecule has 0 aromatic heterocycles. The number of carboxylic acid groups (broad SMARTS) is 2. The molecule has 1 unspecified atom stereocenters. The van der Waals surface area contributed by atoms with Crippen LogP contribution in [0.1, 0.15) is 6.42 Å². The van der Waals surface area contributed by atoms with Gasteiger partial charge in [0.15, 0.2) is 5.57 Å². The van der Waals surface area contributed by atoms with Crippen LogP contribution in [0.25, 0.3) is 0 Å². The smallest absolute Gasteiger partial charge is 0.384 e. The summed E-state index contributed by atoms with van der Waals surface area (Å²) in [5, 5.41) is 31.0. The van der Waals surface area contributed by atoms with Gasteiger partial charge in [-0.1, -0.05) is 0 Å². The third-order valence-electron chi connectivity index (χ3n) is 2.05. The molecule has 0 spiro atoms. The maximum Gasteiger partial charge on any atom is 0.384 e. The number of hydrogen-bond donors (Lipinski definition) is 3. The van der Waals surface area contributed by atoms with Gasteiger partial charge in [0.1, 0.15) is 0 Å². The van der Waals surface area contributed by atoms with E-state index in [-0.39, 0.29) is 5.03 Å². The molecule has 3 N–H and O–H groups in total. The number of aliphatic carboxylic acids is 2. The van der Waals surface area contributed by atoms with Crippen molar-refractivity contribution in [3.05, 3.63) is 20.7 Å². The van der Waals surface area contributed by atoms with Crippen LogP contribution < -0.4 is 5.32 Å². The third-order valence-corrected chi connectivity index (χ3v) is 3.19. The van der Waals surface area contributed by atoms with E-state index in [9.17, 15) is 19.7 Å². The zero-order valence-electron chi connectivity index (χ0n) is 8.58. The number of hydrogen-bond acceptors (Lipinski definition) is 6. The molecule has 94 valence electrons. The Bertz CT molecular complexity index is 371. The van der Waals surface area contributed by atoms with Gasteiger partial charge in [0.25, 0.3) is 0 Å². The molecule has 17 heavy (non-hydrogen) atoms. The number of nitrogens with one attached hydrogen (secondary N) is 1.